The Morgan fingerprint density at radius 2 is 1.88 bits per heavy atom. The molecule has 0 aromatic carbocycles. The van der Waals surface area contributed by atoms with Gasteiger partial charge in [-0.05, 0) is 56.9 Å². The number of amides is 2. The van der Waals surface area contributed by atoms with Crippen LogP contribution in [-0.4, -0.2) is 73.0 Å². The van der Waals surface area contributed by atoms with Crippen LogP contribution in [-0.2, 0) is 22.5 Å². The Bertz CT molecular complexity index is 1610. The van der Waals surface area contributed by atoms with Crippen LogP contribution in [0.15, 0.2) is 18.5 Å². The number of piperidine rings is 1. The van der Waals surface area contributed by atoms with E-state index in [-0.39, 0.29) is 62.1 Å². The van der Waals surface area contributed by atoms with Crippen molar-refractivity contribution in [2.24, 2.45) is 23.7 Å². The Morgan fingerprint density at radius 3 is 2.56 bits per heavy atom. The zero-order valence-electron chi connectivity index (χ0n) is 27.0. The third-order valence-electron chi connectivity index (χ3n) is 10.3. The van der Waals surface area contributed by atoms with Gasteiger partial charge in [-0.3, -0.25) is 14.3 Å². The SMILES string of the molecule is CCn1nccc1C(=O)N[C@H](c1cn2nc(C[C@H]3C[C@@H](C(F)(F)F)CNC3=O)c([C@H](C)C3CCOCC3)nc2n1)C1CCC(F)(F)CC1. The second kappa shape index (κ2) is 13.7. The van der Waals surface area contributed by atoms with Crippen molar-refractivity contribution in [2.45, 2.75) is 95.8 Å². The van der Waals surface area contributed by atoms with Gasteiger partial charge in [0.2, 0.25) is 11.8 Å². The fourth-order valence-corrected chi connectivity index (χ4v) is 7.36. The number of nitrogens with zero attached hydrogens (tertiary/aromatic N) is 6. The van der Waals surface area contributed by atoms with Gasteiger partial charge in [0.15, 0.2) is 0 Å². The van der Waals surface area contributed by atoms with Crippen molar-refractivity contribution in [2.75, 3.05) is 19.8 Å². The van der Waals surface area contributed by atoms with Crippen LogP contribution in [0, 0.1) is 23.7 Å². The first-order chi connectivity index (χ1) is 22.8. The van der Waals surface area contributed by atoms with Crippen molar-refractivity contribution >= 4 is 17.6 Å². The lowest BCUT2D eigenvalue weighted by Crippen LogP contribution is -2.47. The van der Waals surface area contributed by atoms with Gasteiger partial charge in [0.1, 0.15) is 5.69 Å². The van der Waals surface area contributed by atoms with E-state index < -0.39 is 48.3 Å². The molecule has 4 atom stereocenters. The van der Waals surface area contributed by atoms with Crippen LogP contribution >= 0.6 is 0 Å². The summed E-state index contributed by atoms with van der Waals surface area (Å²) in [6, 6.07) is 0.840. The average molecular weight is 681 g/mol. The van der Waals surface area contributed by atoms with E-state index in [9.17, 15) is 31.5 Å². The van der Waals surface area contributed by atoms with Crippen LogP contribution in [0.5, 0.6) is 0 Å². The molecule has 48 heavy (non-hydrogen) atoms. The first kappa shape index (κ1) is 34.2. The minimum atomic E-state index is -4.45. The molecule has 0 spiro atoms. The van der Waals surface area contributed by atoms with Crippen LogP contribution in [0.3, 0.4) is 0 Å². The minimum absolute atomic E-state index is 0.0450. The van der Waals surface area contributed by atoms with Gasteiger partial charge in [-0.25, -0.2) is 23.3 Å². The molecule has 11 nitrogen and oxygen atoms in total. The molecule has 3 aromatic rings. The number of aryl methyl sites for hydroxylation is 1. The molecule has 3 aromatic heterocycles. The van der Waals surface area contributed by atoms with Gasteiger partial charge in [0.05, 0.1) is 35.2 Å². The number of carbonyl (C=O) groups is 2. The zero-order valence-corrected chi connectivity index (χ0v) is 27.0. The minimum Gasteiger partial charge on any atom is -0.381 e. The van der Waals surface area contributed by atoms with Crippen LogP contribution < -0.4 is 10.6 Å². The maximum absolute atomic E-state index is 14.2. The van der Waals surface area contributed by atoms with Gasteiger partial charge >= 0.3 is 6.18 Å². The van der Waals surface area contributed by atoms with Gasteiger partial charge in [-0.1, -0.05) is 6.92 Å². The molecule has 1 saturated carbocycles. The van der Waals surface area contributed by atoms with Gasteiger partial charge in [0, 0.05) is 63.6 Å². The number of hydrogen-bond donors (Lipinski definition) is 2. The Kier molecular flexibility index (Phi) is 9.73. The Balaban J connectivity index is 1.37. The maximum atomic E-state index is 14.2. The second-order valence-electron chi connectivity index (χ2n) is 13.4. The largest absolute Gasteiger partial charge is 0.393 e. The molecule has 6 rings (SSSR count). The molecule has 2 N–H and O–H groups in total. The molecule has 262 valence electrons. The Morgan fingerprint density at radius 1 is 1.15 bits per heavy atom. The standard InChI is InChI=1S/C32H41F5N8O3/c1-3-44-25(6-11-39-44)29(47)41-27(20-4-9-31(33,34)10-5-20)24-17-45-30(40-24)42-26(18(2)19-7-12-48-13-8-19)23(43-45)15-21-14-22(32(35,36)37)16-38-28(21)46/h6,11,17-22,27H,3-5,7-10,12-16H2,1-2H3,(H,38,46)(H,41,47)/t18-,21-,22-,27+/m1/s1. The predicted molar refractivity (Wildman–Crippen MR) is 162 cm³/mol. The normalized spacial score (nSPS) is 23.9. The number of nitrogens with one attached hydrogen (secondary N) is 2. The molecule has 0 radical (unpaired) electrons. The van der Waals surface area contributed by atoms with Crippen molar-refractivity contribution in [3.63, 3.8) is 0 Å². The summed E-state index contributed by atoms with van der Waals surface area (Å²) < 4.78 is 77.8. The predicted octanol–water partition coefficient (Wildman–Crippen LogP) is 5.02. The fraction of sp³-hybridized carbons (Fsp3) is 0.688. The molecule has 1 aliphatic carbocycles. The summed E-state index contributed by atoms with van der Waals surface area (Å²) in [5, 5.41) is 14.4. The van der Waals surface area contributed by atoms with E-state index in [0.717, 1.165) is 12.8 Å². The first-order valence-corrected chi connectivity index (χ1v) is 16.7. The van der Waals surface area contributed by atoms with Gasteiger partial charge in [-0.15, -0.1) is 0 Å². The van der Waals surface area contributed by atoms with E-state index in [1.807, 2.05) is 13.8 Å². The molecule has 3 fully saturated rings. The number of rotatable bonds is 9. The second-order valence-corrected chi connectivity index (χ2v) is 13.4. The molecule has 3 aliphatic rings. The van der Waals surface area contributed by atoms with Gasteiger partial charge < -0.3 is 15.4 Å². The van der Waals surface area contributed by atoms with Crippen molar-refractivity contribution in [3.05, 3.63) is 41.2 Å². The summed E-state index contributed by atoms with van der Waals surface area (Å²) in [5.41, 5.74) is 1.66. The van der Waals surface area contributed by atoms with E-state index in [4.69, 9.17) is 19.8 Å². The number of imidazole rings is 1. The summed E-state index contributed by atoms with van der Waals surface area (Å²) >= 11 is 0. The molecule has 16 heteroatoms. The highest BCUT2D eigenvalue weighted by Crippen LogP contribution is 2.42. The molecule has 0 unspecified atom stereocenters. The maximum Gasteiger partial charge on any atom is 0.393 e. The lowest BCUT2D eigenvalue weighted by atomic mass is 9.81. The summed E-state index contributed by atoms with van der Waals surface area (Å²) in [5.74, 6) is -6.41. The summed E-state index contributed by atoms with van der Waals surface area (Å²) in [4.78, 5) is 35.9. The van der Waals surface area contributed by atoms with E-state index in [1.54, 1.807) is 12.3 Å². The lowest BCUT2D eigenvalue weighted by molar-refractivity contribution is -0.183. The number of fused-ring (bicyclic) bond motifs is 1. The molecular weight excluding hydrogens is 639 g/mol. The number of halogens is 5. The van der Waals surface area contributed by atoms with Crippen molar-refractivity contribution in [1.82, 2.24) is 40.0 Å². The summed E-state index contributed by atoms with van der Waals surface area (Å²) in [6.07, 6.45) is -0.536. The van der Waals surface area contributed by atoms with E-state index >= 15 is 0 Å². The smallest absolute Gasteiger partial charge is 0.381 e. The Hall–Kier alpha value is -3.69. The molecule has 2 amide bonds. The lowest BCUT2D eigenvalue weighted by Gasteiger charge is -2.33. The molecule has 2 saturated heterocycles. The summed E-state index contributed by atoms with van der Waals surface area (Å²) in [6.45, 7) is 4.98. The van der Waals surface area contributed by atoms with Crippen LogP contribution in [0.2, 0.25) is 0 Å². The molecular formula is C32H41F5N8O3. The third kappa shape index (κ3) is 7.32. The average Bonchev–Trinajstić information content (AvgIpc) is 3.71. The van der Waals surface area contributed by atoms with E-state index in [0.29, 0.717) is 42.5 Å². The number of carbonyl (C=O) groups excluding carboxylic acids is 2. The highest BCUT2D eigenvalue weighted by molar-refractivity contribution is 5.92. The number of hydrogen-bond acceptors (Lipinski definition) is 7. The van der Waals surface area contributed by atoms with E-state index in [1.165, 1.54) is 15.4 Å². The van der Waals surface area contributed by atoms with Crippen LogP contribution in [0.4, 0.5) is 22.0 Å². The van der Waals surface area contributed by atoms with Crippen LogP contribution in [0.1, 0.15) is 98.3 Å². The van der Waals surface area contributed by atoms with Crippen molar-refractivity contribution in [3.8, 4) is 0 Å². The third-order valence-corrected chi connectivity index (χ3v) is 10.3. The monoisotopic (exact) mass is 680 g/mol. The molecule has 2 aliphatic heterocycles. The van der Waals surface area contributed by atoms with Crippen molar-refractivity contribution in [1.29, 1.82) is 0 Å². The zero-order chi connectivity index (χ0) is 34.2. The highest BCUT2D eigenvalue weighted by Gasteiger charge is 2.45. The topological polar surface area (TPSA) is 128 Å². The number of ether oxygens (including phenoxy) is 1. The fourth-order valence-electron chi connectivity index (χ4n) is 7.36. The molecule has 5 heterocycles. The number of alkyl halides is 5. The quantitative estimate of drug-likeness (QED) is 0.304. The number of aromatic nitrogens is 6. The highest BCUT2D eigenvalue weighted by atomic mass is 19.4. The Labute approximate surface area is 274 Å². The molecule has 0 bridgehead atoms. The van der Waals surface area contributed by atoms with E-state index in [2.05, 4.69) is 15.7 Å². The van der Waals surface area contributed by atoms with Crippen LogP contribution in [0.25, 0.3) is 5.78 Å². The first-order valence-electron chi connectivity index (χ1n) is 16.7. The van der Waals surface area contributed by atoms with Gasteiger partial charge in [-0.2, -0.15) is 23.4 Å². The van der Waals surface area contributed by atoms with Gasteiger partial charge in [0.25, 0.3) is 11.7 Å². The van der Waals surface area contributed by atoms with Crippen molar-refractivity contribution < 1.29 is 36.3 Å². The summed E-state index contributed by atoms with van der Waals surface area (Å²) in [7, 11) is 0.